The van der Waals surface area contributed by atoms with E-state index in [0.717, 1.165) is 42.3 Å². The summed E-state index contributed by atoms with van der Waals surface area (Å²) in [7, 11) is 0. The van der Waals surface area contributed by atoms with Gasteiger partial charge in [-0.15, -0.1) is 0 Å². The van der Waals surface area contributed by atoms with E-state index in [4.69, 9.17) is 5.10 Å². The number of hydrogen-bond donors (Lipinski definition) is 0. The number of halogens is 1. The third-order valence-electron chi connectivity index (χ3n) is 5.89. The Bertz CT molecular complexity index is 957. The summed E-state index contributed by atoms with van der Waals surface area (Å²) in [6.45, 7) is 7.08. The minimum Gasteiger partial charge on any atom is -0.353 e. The third-order valence-corrected chi connectivity index (χ3v) is 5.89. The molecule has 0 saturated carbocycles. The summed E-state index contributed by atoms with van der Waals surface area (Å²) in [5, 5.41) is 4.69. The number of carbonyl (C=O) groups excluding carboxylic acids is 1. The van der Waals surface area contributed by atoms with Crippen LogP contribution in [0.5, 0.6) is 0 Å². The average Bonchev–Trinajstić information content (AvgIpc) is 3.19. The van der Waals surface area contributed by atoms with Crippen LogP contribution in [-0.4, -0.2) is 51.8 Å². The molecule has 3 heterocycles. The van der Waals surface area contributed by atoms with Gasteiger partial charge >= 0.3 is 0 Å². The molecule has 0 N–H and O–H groups in total. The van der Waals surface area contributed by atoms with Crippen molar-refractivity contribution in [2.24, 2.45) is 5.92 Å². The van der Waals surface area contributed by atoms with Gasteiger partial charge < -0.3 is 9.80 Å². The monoisotopic (exact) mass is 409 g/mol. The number of pyridine rings is 1. The minimum atomic E-state index is -0.128. The van der Waals surface area contributed by atoms with Crippen molar-refractivity contribution >= 4 is 17.3 Å². The Morgan fingerprint density at radius 1 is 1.20 bits per heavy atom. The molecule has 158 valence electrons. The lowest BCUT2D eigenvalue weighted by Gasteiger charge is -2.35. The van der Waals surface area contributed by atoms with Crippen LogP contribution in [-0.2, 0) is 17.8 Å². The predicted octanol–water partition coefficient (Wildman–Crippen LogP) is 3.47. The fraction of sp³-hybridized carbons (Fsp3) is 0.435. The van der Waals surface area contributed by atoms with Crippen LogP contribution < -0.4 is 4.90 Å². The number of nitrogens with zero attached hydrogens (tertiary/aromatic N) is 5. The lowest BCUT2D eigenvalue weighted by atomic mass is 9.93. The summed E-state index contributed by atoms with van der Waals surface area (Å²) >= 11 is 0. The van der Waals surface area contributed by atoms with E-state index in [1.807, 2.05) is 40.8 Å². The van der Waals surface area contributed by atoms with Gasteiger partial charge in [-0.2, -0.15) is 5.10 Å². The molecular weight excluding hydrogens is 381 g/mol. The van der Waals surface area contributed by atoms with Gasteiger partial charge in [0.05, 0.1) is 5.69 Å². The highest BCUT2D eigenvalue weighted by atomic mass is 19.1. The first-order valence-corrected chi connectivity index (χ1v) is 10.6. The maximum atomic E-state index is 13.7. The van der Waals surface area contributed by atoms with E-state index in [2.05, 4.69) is 16.8 Å². The van der Waals surface area contributed by atoms with Crippen LogP contribution in [0, 0.1) is 5.92 Å². The first kappa shape index (κ1) is 20.3. The molecule has 0 aromatic carbocycles. The summed E-state index contributed by atoms with van der Waals surface area (Å²) in [4.78, 5) is 21.4. The number of hydrogen-bond acceptors (Lipinski definition) is 4. The topological polar surface area (TPSA) is 54.3 Å². The summed E-state index contributed by atoms with van der Waals surface area (Å²) in [6.07, 6.45) is 6.55. The number of aromatic nitrogens is 3. The van der Waals surface area contributed by atoms with Gasteiger partial charge in [-0.05, 0) is 42.7 Å². The third kappa shape index (κ3) is 4.30. The molecule has 7 heteroatoms. The molecule has 1 amide bonds. The first-order valence-electron chi connectivity index (χ1n) is 10.6. The minimum absolute atomic E-state index is 0.0805. The molecule has 30 heavy (non-hydrogen) atoms. The number of carbonyl (C=O) groups is 1. The Kier molecular flexibility index (Phi) is 5.97. The van der Waals surface area contributed by atoms with Gasteiger partial charge in [0.15, 0.2) is 0 Å². The largest absolute Gasteiger partial charge is 0.353 e. The van der Waals surface area contributed by atoms with Gasteiger partial charge in [0.2, 0.25) is 5.91 Å². The van der Waals surface area contributed by atoms with Crippen molar-refractivity contribution in [2.75, 3.05) is 31.1 Å². The van der Waals surface area contributed by atoms with Crippen LogP contribution >= 0.6 is 0 Å². The van der Waals surface area contributed by atoms with Crippen molar-refractivity contribution in [2.45, 2.75) is 33.2 Å². The van der Waals surface area contributed by atoms with E-state index in [1.165, 1.54) is 6.08 Å². The van der Waals surface area contributed by atoms with E-state index in [-0.39, 0.29) is 24.2 Å². The summed E-state index contributed by atoms with van der Waals surface area (Å²) in [6, 6.07) is 7.91. The number of anilines is 1. The molecule has 2 aliphatic rings. The van der Waals surface area contributed by atoms with Crippen molar-refractivity contribution in [1.82, 2.24) is 19.7 Å². The zero-order valence-corrected chi connectivity index (χ0v) is 17.6. The molecule has 1 aliphatic carbocycles. The van der Waals surface area contributed by atoms with Crippen LogP contribution in [0.1, 0.15) is 31.7 Å². The van der Waals surface area contributed by atoms with E-state index in [0.29, 0.717) is 19.5 Å². The molecule has 4 rings (SSSR count). The molecule has 0 radical (unpaired) electrons. The Hall–Kier alpha value is -2.96. The molecule has 1 aliphatic heterocycles. The van der Waals surface area contributed by atoms with Crippen LogP contribution in [0.3, 0.4) is 0 Å². The van der Waals surface area contributed by atoms with Crippen molar-refractivity contribution in [1.29, 1.82) is 0 Å². The zero-order chi connectivity index (χ0) is 21.1. The van der Waals surface area contributed by atoms with Crippen molar-refractivity contribution in [3.8, 4) is 0 Å². The second-order valence-corrected chi connectivity index (χ2v) is 7.94. The maximum absolute atomic E-state index is 13.7. The van der Waals surface area contributed by atoms with Gasteiger partial charge in [0.1, 0.15) is 18.2 Å². The summed E-state index contributed by atoms with van der Waals surface area (Å²) in [5.41, 5.74) is 2.89. The number of allylic oxidation sites excluding steroid dienone is 4. The van der Waals surface area contributed by atoms with Crippen molar-refractivity contribution in [3.05, 3.63) is 59.8 Å². The van der Waals surface area contributed by atoms with Crippen molar-refractivity contribution in [3.63, 3.8) is 0 Å². The molecular formula is C23H28FN5O. The smallest absolute Gasteiger partial charge is 0.244 e. The highest BCUT2D eigenvalue weighted by Gasteiger charge is 2.24. The quantitative estimate of drug-likeness (QED) is 0.759. The first-order chi connectivity index (χ1) is 14.5. The highest BCUT2D eigenvalue weighted by molar-refractivity contribution is 5.76. The van der Waals surface area contributed by atoms with Crippen molar-refractivity contribution < 1.29 is 9.18 Å². The Morgan fingerprint density at radius 3 is 2.67 bits per heavy atom. The van der Waals surface area contributed by atoms with Gasteiger partial charge in [-0.3, -0.25) is 9.48 Å². The number of rotatable bonds is 5. The molecule has 0 spiro atoms. The molecule has 1 saturated heterocycles. The van der Waals surface area contributed by atoms with Crippen LogP contribution in [0.2, 0.25) is 0 Å². The molecule has 1 fully saturated rings. The molecule has 1 unspecified atom stereocenters. The van der Waals surface area contributed by atoms with Gasteiger partial charge in [-0.1, -0.05) is 26.0 Å². The lowest BCUT2D eigenvalue weighted by molar-refractivity contribution is -0.132. The Balaban J connectivity index is 1.41. The number of aryl methyl sites for hydroxylation is 1. The fourth-order valence-corrected chi connectivity index (χ4v) is 4.02. The lowest BCUT2D eigenvalue weighted by Crippen LogP contribution is -2.50. The Morgan fingerprint density at radius 2 is 2.00 bits per heavy atom. The van der Waals surface area contributed by atoms with Crippen LogP contribution in [0.4, 0.5) is 10.2 Å². The SMILES string of the molecule is CCc1cc(C2=CC=C(F)C(C)C2)nn1CC(=O)N1CCN(c2ccccn2)CC1. The maximum Gasteiger partial charge on any atom is 0.244 e. The van der Waals surface area contributed by atoms with Gasteiger partial charge in [0.25, 0.3) is 0 Å². The number of amides is 1. The molecule has 2 aromatic rings. The van der Waals surface area contributed by atoms with E-state index >= 15 is 0 Å². The average molecular weight is 410 g/mol. The van der Waals surface area contributed by atoms with Crippen LogP contribution in [0.25, 0.3) is 5.57 Å². The summed E-state index contributed by atoms with van der Waals surface area (Å²) < 4.78 is 15.5. The van der Waals surface area contributed by atoms with E-state index < -0.39 is 0 Å². The number of piperazine rings is 1. The fourth-order valence-electron chi connectivity index (χ4n) is 4.02. The molecule has 2 aromatic heterocycles. The second kappa shape index (κ2) is 8.81. The summed E-state index contributed by atoms with van der Waals surface area (Å²) in [5.74, 6) is 0.818. The van der Waals surface area contributed by atoms with Gasteiger partial charge in [0, 0.05) is 44.0 Å². The Labute approximate surface area is 176 Å². The second-order valence-electron chi connectivity index (χ2n) is 7.94. The zero-order valence-electron chi connectivity index (χ0n) is 17.6. The standard InChI is InChI=1S/C23H28FN5O/c1-3-19-15-21(18-7-8-20(24)17(2)14-18)26-29(19)16-23(30)28-12-10-27(11-13-28)22-6-4-5-9-25-22/h4-9,15,17H,3,10-14,16H2,1-2H3. The van der Waals surface area contributed by atoms with E-state index in [9.17, 15) is 9.18 Å². The highest BCUT2D eigenvalue weighted by Crippen LogP contribution is 2.31. The van der Waals surface area contributed by atoms with E-state index in [1.54, 1.807) is 12.3 Å². The predicted molar refractivity (Wildman–Crippen MR) is 116 cm³/mol. The molecule has 1 atom stereocenters. The van der Waals surface area contributed by atoms with Crippen LogP contribution in [0.15, 0.2) is 48.4 Å². The molecule has 6 nitrogen and oxygen atoms in total. The normalized spacial score (nSPS) is 19.5. The van der Waals surface area contributed by atoms with Gasteiger partial charge in [-0.25, -0.2) is 9.37 Å². The molecule has 0 bridgehead atoms.